The van der Waals surface area contributed by atoms with Gasteiger partial charge in [-0.1, -0.05) is 25.3 Å². The van der Waals surface area contributed by atoms with Crippen LogP contribution in [0.15, 0.2) is 17.5 Å². The first kappa shape index (κ1) is 15.0. The van der Waals surface area contributed by atoms with E-state index >= 15 is 0 Å². The third kappa shape index (κ3) is 3.39. The van der Waals surface area contributed by atoms with Crippen molar-refractivity contribution < 1.29 is 14.7 Å². The number of amides is 1. The molecule has 0 unspecified atom stereocenters. The van der Waals surface area contributed by atoms with Gasteiger partial charge in [-0.05, 0) is 31.2 Å². The predicted octanol–water partition coefficient (Wildman–Crippen LogP) is 3.35. The molecule has 0 radical (unpaired) electrons. The predicted molar refractivity (Wildman–Crippen MR) is 78.6 cm³/mol. The Morgan fingerprint density at radius 1 is 1.40 bits per heavy atom. The van der Waals surface area contributed by atoms with Crippen molar-refractivity contribution in [3.63, 3.8) is 0 Å². The lowest BCUT2D eigenvalue weighted by Crippen LogP contribution is -2.39. The van der Waals surface area contributed by atoms with E-state index in [1.54, 1.807) is 11.3 Å². The molecular weight excluding hydrogens is 274 g/mol. The molecule has 5 heteroatoms. The number of rotatable bonds is 5. The van der Waals surface area contributed by atoms with Crippen LogP contribution in [0, 0.1) is 5.41 Å². The molecule has 0 spiro atoms. The molecule has 1 aromatic rings. The second-order valence-electron chi connectivity index (χ2n) is 5.63. The minimum absolute atomic E-state index is 0.0584. The summed E-state index contributed by atoms with van der Waals surface area (Å²) >= 11 is 1.59. The summed E-state index contributed by atoms with van der Waals surface area (Å²) in [6, 6.07) is 3.86. The van der Waals surface area contributed by atoms with E-state index in [2.05, 4.69) is 5.32 Å². The van der Waals surface area contributed by atoms with Gasteiger partial charge in [-0.3, -0.25) is 9.59 Å². The second kappa shape index (κ2) is 6.39. The number of aliphatic carboxylic acids is 1. The summed E-state index contributed by atoms with van der Waals surface area (Å²) in [6.07, 6.45) is 4.20. The van der Waals surface area contributed by atoms with Crippen LogP contribution in [0.4, 0.5) is 0 Å². The summed E-state index contributed by atoms with van der Waals surface area (Å²) < 4.78 is 0. The molecule has 4 nitrogen and oxygen atoms in total. The van der Waals surface area contributed by atoms with E-state index in [4.69, 9.17) is 0 Å². The maximum absolute atomic E-state index is 12.2. The van der Waals surface area contributed by atoms with Crippen LogP contribution >= 0.6 is 11.3 Å². The van der Waals surface area contributed by atoms with Gasteiger partial charge in [-0.25, -0.2) is 0 Å². The van der Waals surface area contributed by atoms with Crippen molar-refractivity contribution >= 4 is 23.2 Å². The number of carboxylic acids is 1. The third-order valence-electron chi connectivity index (χ3n) is 4.11. The van der Waals surface area contributed by atoms with Gasteiger partial charge in [-0.2, -0.15) is 0 Å². The second-order valence-corrected chi connectivity index (χ2v) is 6.61. The van der Waals surface area contributed by atoms with Crippen molar-refractivity contribution in [1.29, 1.82) is 0 Å². The smallest absolute Gasteiger partial charge is 0.310 e. The molecule has 110 valence electrons. The summed E-state index contributed by atoms with van der Waals surface area (Å²) in [5, 5.41) is 14.4. The highest BCUT2D eigenvalue weighted by Crippen LogP contribution is 2.39. The SMILES string of the molecule is C[C@H](NC(=O)CC1(C(=O)O)CCCCC1)c1cccs1. The minimum Gasteiger partial charge on any atom is -0.481 e. The van der Waals surface area contributed by atoms with Crippen molar-refractivity contribution in [2.75, 3.05) is 0 Å². The first-order valence-electron chi connectivity index (χ1n) is 7.10. The number of carbonyl (C=O) groups excluding carboxylic acids is 1. The molecular formula is C15H21NO3S. The summed E-state index contributed by atoms with van der Waals surface area (Å²) in [4.78, 5) is 24.8. The van der Waals surface area contributed by atoms with Crippen molar-refractivity contribution in [3.05, 3.63) is 22.4 Å². The topological polar surface area (TPSA) is 66.4 Å². The quantitative estimate of drug-likeness (QED) is 0.875. The van der Waals surface area contributed by atoms with Crippen molar-refractivity contribution in [2.45, 2.75) is 51.5 Å². The molecule has 1 heterocycles. The van der Waals surface area contributed by atoms with Gasteiger partial charge in [0.2, 0.25) is 5.91 Å². The van der Waals surface area contributed by atoms with E-state index in [1.165, 1.54) is 0 Å². The van der Waals surface area contributed by atoms with Crippen LogP contribution in [0.5, 0.6) is 0 Å². The molecule has 0 aliphatic heterocycles. The monoisotopic (exact) mass is 295 g/mol. The van der Waals surface area contributed by atoms with Gasteiger partial charge in [0.1, 0.15) is 0 Å². The first-order chi connectivity index (χ1) is 9.53. The molecule has 1 atom stereocenters. The number of nitrogens with one attached hydrogen (secondary N) is 1. The number of hydrogen-bond acceptors (Lipinski definition) is 3. The minimum atomic E-state index is -0.850. The summed E-state index contributed by atoms with van der Waals surface area (Å²) in [5.74, 6) is -0.980. The fourth-order valence-electron chi connectivity index (χ4n) is 2.90. The van der Waals surface area contributed by atoms with Gasteiger partial charge in [-0.15, -0.1) is 11.3 Å². The van der Waals surface area contributed by atoms with Crippen LogP contribution in [0.2, 0.25) is 0 Å². The zero-order valence-electron chi connectivity index (χ0n) is 11.7. The summed E-state index contributed by atoms with van der Waals surface area (Å²) in [6.45, 7) is 1.93. The highest BCUT2D eigenvalue weighted by Gasteiger charge is 2.41. The molecule has 1 fully saturated rings. The third-order valence-corrected chi connectivity index (χ3v) is 5.17. The lowest BCUT2D eigenvalue weighted by Gasteiger charge is -2.32. The molecule has 1 aliphatic carbocycles. The number of thiophene rings is 1. The van der Waals surface area contributed by atoms with Crippen LogP contribution in [0.3, 0.4) is 0 Å². The number of carboxylic acid groups (broad SMARTS) is 1. The molecule has 0 saturated heterocycles. The molecule has 1 aromatic heterocycles. The van der Waals surface area contributed by atoms with Crippen LogP contribution in [0.25, 0.3) is 0 Å². The Balaban J connectivity index is 1.97. The van der Waals surface area contributed by atoms with Crippen molar-refractivity contribution in [1.82, 2.24) is 5.32 Å². The zero-order chi connectivity index (χ0) is 14.6. The van der Waals surface area contributed by atoms with Gasteiger partial charge in [0.25, 0.3) is 0 Å². The van der Waals surface area contributed by atoms with Crippen molar-refractivity contribution in [2.24, 2.45) is 5.41 Å². The zero-order valence-corrected chi connectivity index (χ0v) is 12.5. The van der Waals surface area contributed by atoms with E-state index < -0.39 is 11.4 Å². The lowest BCUT2D eigenvalue weighted by molar-refractivity contribution is -0.154. The van der Waals surface area contributed by atoms with Gasteiger partial charge in [0.15, 0.2) is 0 Å². The lowest BCUT2D eigenvalue weighted by atomic mass is 9.71. The Morgan fingerprint density at radius 3 is 2.65 bits per heavy atom. The van der Waals surface area contributed by atoms with Crippen molar-refractivity contribution in [3.8, 4) is 0 Å². The Bertz CT molecular complexity index is 463. The van der Waals surface area contributed by atoms with Crippen LogP contribution in [-0.2, 0) is 9.59 Å². The standard InChI is InChI=1S/C15H21NO3S/c1-11(12-6-5-9-20-12)16-13(17)10-15(14(18)19)7-3-2-4-8-15/h5-6,9,11H,2-4,7-8,10H2,1H3,(H,16,17)(H,18,19)/t11-/m0/s1. The van der Waals surface area contributed by atoms with Gasteiger partial charge in [0.05, 0.1) is 11.5 Å². The molecule has 2 N–H and O–H groups in total. The van der Waals surface area contributed by atoms with Crippen LogP contribution in [0.1, 0.15) is 56.4 Å². The van der Waals surface area contributed by atoms with Crippen LogP contribution in [-0.4, -0.2) is 17.0 Å². The molecule has 1 amide bonds. The molecule has 1 saturated carbocycles. The molecule has 0 bridgehead atoms. The van der Waals surface area contributed by atoms with E-state index in [1.807, 2.05) is 24.4 Å². The molecule has 1 aliphatic rings. The number of carbonyl (C=O) groups is 2. The Morgan fingerprint density at radius 2 is 2.10 bits per heavy atom. The average molecular weight is 295 g/mol. The molecule has 0 aromatic carbocycles. The molecule has 2 rings (SSSR count). The normalized spacial score (nSPS) is 19.2. The van der Waals surface area contributed by atoms with Crippen LogP contribution < -0.4 is 5.32 Å². The number of hydrogen-bond donors (Lipinski definition) is 2. The van der Waals surface area contributed by atoms with Gasteiger partial charge >= 0.3 is 5.97 Å². The van der Waals surface area contributed by atoms with Gasteiger partial charge in [0, 0.05) is 11.3 Å². The van der Waals surface area contributed by atoms with E-state index in [0.29, 0.717) is 12.8 Å². The fourth-order valence-corrected chi connectivity index (χ4v) is 3.64. The highest BCUT2D eigenvalue weighted by atomic mass is 32.1. The Kier molecular flexibility index (Phi) is 4.81. The molecule has 20 heavy (non-hydrogen) atoms. The average Bonchev–Trinajstić information content (AvgIpc) is 2.93. The first-order valence-corrected chi connectivity index (χ1v) is 7.98. The maximum Gasteiger partial charge on any atom is 0.310 e. The Labute approximate surface area is 123 Å². The van der Waals surface area contributed by atoms with E-state index in [-0.39, 0.29) is 18.4 Å². The fraction of sp³-hybridized carbons (Fsp3) is 0.600. The summed E-state index contributed by atoms with van der Waals surface area (Å²) in [7, 11) is 0. The largest absolute Gasteiger partial charge is 0.481 e. The van der Waals surface area contributed by atoms with Gasteiger partial charge < -0.3 is 10.4 Å². The Hall–Kier alpha value is -1.36. The summed E-state index contributed by atoms with van der Waals surface area (Å²) in [5.41, 5.74) is -0.850. The highest BCUT2D eigenvalue weighted by molar-refractivity contribution is 7.10. The maximum atomic E-state index is 12.2. The van der Waals surface area contributed by atoms with E-state index in [0.717, 1.165) is 24.1 Å². The van der Waals surface area contributed by atoms with E-state index in [9.17, 15) is 14.7 Å².